The summed E-state index contributed by atoms with van der Waals surface area (Å²) in [5, 5.41) is 21.8. The first-order chi connectivity index (χ1) is 17.0. The van der Waals surface area contributed by atoms with Gasteiger partial charge in [0.15, 0.2) is 5.16 Å². The molecular weight excluding hydrogens is 462 g/mol. The fourth-order valence-corrected chi connectivity index (χ4v) is 5.55. The van der Waals surface area contributed by atoms with Crippen LogP contribution in [0.25, 0.3) is 10.8 Å². The molecular formula is C26H27N5O3S. The number of carboxylic acid groups (broad SMARTS) is 1. The summed E-state index contributed by atoms with van der Waals surface area (Å²) >= 11 is 1.45. The van der Waals surface area contributed by atoms with Gasteiger partial charge in [0.05, 0.1) is 24.1 Å². The Kier molecular flexibility index (Phi) is 6.39. The Bertz CT molecular complexity index is 1320. The number of benzene rings is 2. The van der Waals surface area contributed by atoms with E-state index < -0.39 is 12.1 Å². The molecule has 180 valence electrons. The minimum Gasteiger partial charge on any atom is -0.469 e. The van der Waals surface area contributed by atoms with Crippen LogP contribution >= 0.6 is 11.8 Å². The fourth-order valence-electron chi connectivity index (χ4n) is 5.20. The normalized spacial score (nSPS) is 19.7. The van der Waals surface area contributed by atoms with Crippen LogP contribution in [0.3, 0.4) is 0 Å². The Hall–Kier alpha value is -3.51. The molecule has 1 unspecified atom stereocenters. The average molecular weight is 490 g/mol. The van der Waals surface area contributed by atoms with Gasteiger partial charge in [0.25, 0.3) is 0 Å². The maximum atomic E-state index is 11.7. The van der Waals surface area contributed by atoms with Crippen LogP contribution in [0.1, 0.15) is 35.6 Å². The van der Waals surface area contributed by atoms with E-state index in [1.54, 1.807) is 0 Å². The highest BCUT2D eigenvalue weighted by Crippen LogP contribution is 2.41. The fraction of sp³-hybridized carbons (Fsp3) is 0.385. The SMILES string of the molecule is CSc1nc2c(c(N3CCN(C(=O)O)[C@@H](CC#N)C3)n1)CCC(c1cccc3cccc(C)c13)O2. The molecule has 1 amide bonds. The molecule has 35 heavy (non-hydrogen) atoms. The van der Waals surface area contributed by atoms with Gasteiger partial charge in [-0.2, -0.15) is 10.2 Å². The Morgan fingerprint density at radius 1 is 1.26 bits per heavy atom. The van der Waals surface area contributed by atoms with Crippen molar-refractivity contribution in [2.75, 3.05) is 30.8 Å². The topological polar surface area (TPSA) is 103 Å². The summed E-state index contributed by atoms with van der Waals surface area (Å²) in [5.41, 5.74) is 3.34. The van der Waals surface area contributed by atoms with Gasteiger partial charge in [-0.1, -0.05) is 48.2 Å². The molecule has 9 heteroatoms. The highest BCUT2D eigenvalue weighted by Gasteiger charge is 2.34. The van der Waals surface area contributed by atoms with E-state index in [1.165, 1.54) is 38.6 Å². The number of ether oxygens (including phenoxy) is 1. The number of aromatic nitrogens is 2. The second-order valence-electron chi connectivity index (χ2n) is 8.92. The van der Waals surface area contributed by atoms with Gasteiger partial charge in [-0.05, 0) is 42.4 Å². The highest BCUT2D eigenvalue weighted by molar-refractivity contribution is 7.98. The molecule has 2 aliphatic rings. The molecule has 0 bridgehead atoms. The van der Waals surface area contributed by atoms with Gasteiger partial charge in [0.2, 0.25) is 5.88 Å². The molecule has 8 nitrogen and oxygen atoms in total. The van der Waals surface area contributed by atoms with Crippen molar-refractivity contribution < 1.29 is 14.6 Å². The van der Waals surface area contributed by atoms with Gasteiger partial charge >= 0.3 is 6.09 Å². The largest absolute Gasteiger partial charge is 0.469 e. The van der Waals surface area contributed by atoms with Crippen molar-refractivity contribution in [3.8, 4) is 11.9 Å². The summed E-state index contributed by atoms with van der Waals surface area (Å²) < 4.78 is 6.54. The molecule has 0 radical (unpaired) electrons. The van der Waals surface area contributed by atoms with E-state index in [0.29, 0.717) is 30.7 Å². The first-order valence-electron chi connectivity index (χ1n) is 11.7. The zero-order valence-electron chi connectivity index (χ0n) is 19.8. The van der Waals surface area contributed by atoms with E-state index in [-0.39, 0.29) is 12.5 Å². The Labute approximate surface area is 208 Å². The summed E-state index contributed by atoms with van der Waals surface area (Å²) in [6, 6.07) is 14.4. The number of thioether (sulfide) groups is 1. The number of fused-ring (bicyclic) bond motifs is 2. The first-order valence-corrected chi connectivity index (χ1v) is 12.9. The molecule has 2 aliphatic heterocycles. The summed E-state index contributed by atoms with van der Waals surface area (Å²) in [6.07, 6.45) is 2.53. The minimum absolute atomic E-state index is 0.111. The maximum absolute atomic E-state index is 11.7. The Morgan fingerprint density at radius 3 is 2.80 bits per heavy atom. The number of amides is 1. The van der Waals surface area contributed by atoms with Gasteiger partial charge in [0.1, 0.15) is 11.9 Å². The van der Waals surface area contributed by atoms with Gasteiger partial charge in [-0.25, -0.2) is 9.78 Å². The Morgan fingerprint density at radius 2 is 2.06 bits per heavy atom. The summed E-state index contributed by atoms with van der Waals surface area (Å²) in [5.74, 6) is 1.39. The van der Waals surface area contributed by atoms with Crippen molar-refractivity contribution >= 4 is 34.4 Å². The third kappa shape index (κ3) is 4.34. The van der Waals surface area contributed by atoms with Gasteiger partial charge < -0.3 is 19.6 Å². The molecule has 2 aromatic carbocycles. The van der Waals surface area contributed by atoms with Crippen LogP contribution in [-0.4, -0.2) is 58.0 Å². The van der Waals surface area contributed by atoms with Crippen LogP contribution < -0.4 is 9.64 Å². The predicted octanol–water partition coefficient (Wildman–Crippen LogP) is 4.81. The predicted molar refractivity (Wildman–Crippen MR) is 135 cm³/mol. The van der Waals surface area contributed by atoms with Crippen LogP contribution in [-0.2, 0) is 6.42 Å². The maximum Gasteiger partial charge on any atom is 0.407 e. The van der Waals surface area contributed by atoms with Crippen LogP contribution in [0.2, 0.25) is 0 Å². The van der Waals surface area contributed by atoms with Crippen LogP contribution in [0.5, 0.6) is 5.88 Å². The molecule has 0 saturated carbocycles. The summed E-state index contributed by atoms with van der Waals surface area (Å²) in [7, 11) is 0. The van der Waals surface area contributed by atoms with Crippen LogP contribution in [0.4, 0.5) is 10.6 Å². The molecule has 1 aromatic heterocycles. The third-order valence-electron chi connectivity index (χ3n) is 6.87. The number of carbonyl (C=O) groups is 1. The van der Waals surface area contributed by atoms with Crippen LogP contribution in [0.15, 0.2) is 41.6 Å². The van der Waals surface area contributed by atoms with Crippen molar-refractivity contribution in [3.05, 3.63) is 53.1 Å². The van der Waals surface area contributed by atoms with E-state index in [1.807, 2.05) is 6.26 Å². The molecule has 1 saturated heterocycles. The summed E-state index contributed by atoms with van der Waals surface area (Å²) in [6.45, 7) is 3.39. The number of hydrogen-bond acceptors (Lipinski definition) is 7. The van der Waals surface area contributed by atoms with Crippen molar-refractivity contribution in [3.63, 3.8) is 0 Å². The lowest BCUT2D eigenvalue weighted by atomic mass is 9.92. The first kappa shape index (κ1) is 23.2. The second-order valence-corrected chi connectivity index (χ2v) is 9.69. The lowest BCUT2D eigenvalue weighted by Gasteiger charge is -2.40. The standard InChI is InChI=1S/C26H27N5O3S/c1-16-5-3-6-17-7-4-8-19(22(16)17)21-10-9-20-23(28-25(35-2)29-24(20)34-21)30-13-14-31(26(32)33)18(15-30)11-12-27/h3-8,18,21H,9-11,13-15H2,1-2H3,(H,32,33)/t18-,21?/m0/s1. The third-order valence-corrected chi connectivity index (χ3v) is 7.41. The minimum atomic E-state index is -0.990. The monoisotopic (exact) mass is 489 g/mol. The van der Waals surface area contributed by atoms with E-state index >= 15 is 0 Å². The number of aryl methyl sites for hydroxylation is 1. The van der Waals surface area contributed by atoms with E-state index in [9.17, 15) is 15.2 Å². The van der Waals surface area contributed by atoms with E-state index in [2.05, 4.69) is 54.3 Å². The molecule has 0 spiro atoms. The van der Waals surface area contributed by atoms with Crippen molar-refractivity contribution in [1.29, 1.82) is 5.26 Å². The Balaban J connectivity index is 1.49. The molecule has 2 atom stereocenters. The number of piperazine rings is 1. The second kappa shape index (κ2) is 9.62. The van der Waals surface area contributed by atoms with Crippen molar-refractivity contribution in [2.24, 2.45) is 0 Å². The van der Waals surface area contributed by atoms with Gasteiger partial charge in [-0.3, -0.25) is 0 Å². The van der Waals surface area contributed by atoms with Gasteiger partial charge in [0, 0.05) is 25.2 Å². The van der Waals surface area contributed by atoms with Gasteiger partial charge in [-0.15, -0.1) is 0 Å². The van der Waals surface area contributed by atoms with E-state index in [4.69, 9.17) is 14.7 Å². The lowest BCUT2D eigenvalue weighted by Crippen LogP contribution is -2.55. The van der Waals surface area contributed by atoms with Crippen LogP contribution in [0, 0.1) is 18.3 Å². The number of nitriles is 1. The zero-order valence-corrected chi connectivity index (χ0v) is 20.6. The smallest absolute Gasteiger partial charge is 0.407 e. The lowest BCUT2D eigenvalue weighted by molar-refractivity contribution is 0.118. The average Bonchev–Trinajstić information content (AvgIpc) is 2.87. The molecule has 3 heterocycles. The van der Waals surface area contributed by atoms with Crippen molar-refractivity contribution in [2.45, 2.75) is 43.5 Å². The molecule has 3 aromatic rings. The number of hydrogen-bond donors (Lipinski definition) is 1. The van der Waals surface area contributed by atoms with E-state index in [0.717, 1.165) is 24.2 Å². The number of rotatable bonds is 4. The molecule has 0 aliphatic carbocycles. The molecule has 5 rings (SSSR count). The number of nitrogens with zero attached hydrogens (tertiary/aromatic N) is 5. The summed E-state index contributed by atoms with van der Waals surface area (Å²) in [4.78, 5) is 24.6. The quantitative estimate of drug-likeness (QED) is 0.411. The number of anilines is 1. The van der Waals surface area contributed by atoms with Crippen molar-refractivity contribution in [1.82, 2.24) is 14.9 Å². The molecule has 1 N–H and O–H groups in total. The highest BCUT2D eigenvalue weighted by atomic mass is 32.2. The molecule has 1 fully saturated rings. The zero-order chi connectivity index (χ0) is 24.5.